The predicted molar refractivity (Wildman–Crippen MR) is 73.9 cm³/mol. The Labute approximate surface area is 115 Å². The van der Waals surface area contributed by atoms with Crippen molar-refractivity contribution in [3.8, 4) is 6.07 Å². The van der Waals surface area contributed by atoms with Gasteiger partial charge in [0.05, 0.1) is 18.7 Å². The standard InChI is InChI=1S/C12H11ClN6/c13-10-7-16-12(19-15)18-11(10)17-9-3-1-8(2-4-9)5-6-14/h1-4,7H,5,15H2,(H2,16,17,18,19). The summed E-state index contributed by atoms with van der Waals surface area (Å²) in [6.45, 7) is 0. The molecule has 96 valence electrons. The highest BCUT2D eigenvalue weighted by Crippen LogP contribution is 2.23. The van der Waals surface area contributed by atoms with Crippen molar-refractivity contribution in [2.45, 2.75) is 6.42 Å². The maximum Gasteiger partial charge on any atom is 0.239 e. The molecule has 6 nitrogen and oxygen atoms in total. The molecule has 0 spiro atoms. The van der Waals surface area contributed by atoms with Crippen molar-refractivity contribution in [1.82, 2.24) is 9.97 Å². The van der Waals surface area contributed by atoms with E-state index >= 15 is 0 Å². The molecule has 0 bridgehead atoms. The Morgan fingerprint density at radius 3 is 2.68 bits per heavy atom. The van der Waals surface area contributed by atoms with E-state index in [2.05, 4.69) is 26.8 Å². The molecular formula is C12H11ClN6. The van der Waals surface area contributed by atoms with E-state index in [0.29, 0.717) is 17.3 Å². The molecule has 0 aliphatic heterocycles. The van der Waals surface area contributed by atoms with Gasteiger partial charge in [0.2, 0.25) is 5.95 Å². The molecule has 0 aliphatic carbocycles. The average molecular weight is 275 g/mol. The van der Waals surface area contributed by atoms with Crippen LogP contribution in [0.25, 0.3) is 0 Å². The molecule has 0 radical (unpaired) electrons. The first-order valence-electron chi connectivity index (χ1n) is 5.45. The number of hydrogen-bond acceptors (Lipinski definition) is 6. The molecule has 0 atom stereocenters. The molecule has 1 aromatic carbocycles. The van der Waals surface area contributed by atoms with Crippen LogP contribution in [-0.2, 0) is 6.42 Å². The first-order chi connectivity index (χ1) is 9.22. The summed E-state index contributed by atoms with van der Waals surface area (Å²) in [5.74, 6) is 5.97. The molecular weight excluding hydrogens is 264 g/mol. The summed E-state index contributed by atoms with van der Waals surface area (Å²) in [4.78, 5) is 7.98. The molecule has 0 saturated carbocycles. The van der Waals surface area contributed by atoms with Gasteiger partial charge in [-0.1, -0.05) is 23.7 Å². The average Bonchev–Trinajstić information content (AvgIpc) is 2.44. The number of rotatable bonds is 4. The number of nitrogens with zero attached hydrogens (tertiary/aromatic N) is 3. The number of hydrogen-bond donors (Lipinski definition) is 3. The lowest BCUT2D eigenvalue weighted by Gasteiger charge is -2.08. The van der Waals surface area contributed by atoms with Crippen molar-refractivity contribution in [3.63, 3.8) is 0 Å². The van der Waals surface area contributed by atoms with E-state index in [1.807, 2.05) is 24.3 Å². The van der Waals surface area contributed by atoms with Gasteiger partial charge in [-0.2, -0.15) is 10.2 Å². The Kier molecular flexibility index (Phi) is 4.13. The Hall–Kier alpha value is -2.36. The topological polar surface area (TPSA) is 99.7 Å². The van der Waals surface area contributed by atoms with E-state index in [1.165, 1.54) is 6.20 Å². The van der Waals surface area contributed by atoms with Crippen LogP contribution >= 0.6 is 11.6 Å². The lowest BCUT2D eigenvalue weighted by atomic mass is 10.1. The summed E-state index contributed by atoms with van der Waals surface area (Å²) in [6, 6.07) is 9.52. The van der Waals surface area contributed by atoms with Gasteiger partial charge in [0.1, 0.15) is 5.02 Å². The number of halogens is 1. The van der Waals surface area contributed by atoms with Gasteiger partial charge in [-0.3, -0.25) is 5.43 Å². The second-order valence-electron chi connectivity index (χ2n) is 3.69. The van der Waals surface area contributed by atoms with Crippen molar-refractivity contribution in [2.75, 3.05) is 10.7 Å². The smallest absolute Gasteiger partial charge is 0.239 e. The van der Waals surface area contributed by atoms with Gasteiger partial charge >= 0.3 is 0 Å². The highest BCUT2D eigenvalue weighted by atomic mass is 35.5. The molecule has 0 aliphatic rings. The third kappa shape index (κ3) is 3.31. The first kappa shape index (κ1) is 13.1. The molecule has 1 aromatic heterocycles. The fraction of sp³-hybridized carbons (Fsp3) is 0.0833. The molecule has 0 unspecified atom stereocenters. The van der Waals surface area contributed by atoms with E-state index in [-0.39, 0.29) is 5.95 Å². The minimum Gasteiger partial charge on any atom is -0.339 e. The number of nitriles is 1. The van der Waals surface area contributed by atoms with Gasteiger partial charge in [0, 0.05) is 5.69 Å². The second-order valence-corrected chi connectivity index (χ2v) is 4.10. The minimum atomic E-state index is 0.271. The number of hydrazine groups is 1. The van der Waals surface area contributed by atoms with Crippen LogP contribution in [0.15, 0.2) is 30.5 Å². The van der Waals surface area contributed by atoms with Gasteiger partial charge in [0.25, 0.3) is 0 Å². The molecule has 1 heterocycles. The van der Waals surface area contributed by atoms with Crippen LogP contribution in [0, 0.1) is 11.3 Å². The van der Waals surface area contributed by atoms with Crippen molar-refractivity contribution < 1.29 is 0 Å². The van der Waals surface area contributed by atoms with Gasteiger partial charge in [-0.25, -0.2) is 10.8 Å². The summed E-state index contributed by atoms with van der Waals surface area (Å²) in [5.41, 5.74) is 4.11. The van der Waals surface area contributed by atoms with Gasteiger partial charge in [0.15, 0.2) is 5.82 Å². The summed E-state index contributed by atoms with van der Waals surface area (Å²) >= 11 is 5.98. The summed E-state index contributed by atoms with van der Waals surface area (Å²) < 4.78 is 0. The molecule has 0 fully saturated rings. The third-order valence-electron chi connectivity index (χ3n) is 2.37. The number of nitrogens with one attached hydrogen (secondary N) is 2. The Morgan fingerprint density at radius 2 is 2.05 bits per heavy atom. The monoisotopic (exact) mass is 274 g/mol. The fourth-order valence-corrected chi connectivity index (χ4v) is 1.60. The third-order valence-corrected chi connectivity index (χ3v) is 2.65. The van der Waals surface area contributed by atoms with Crippen molar-refractivity contribution >= 4 is 29.1 Å². The maximum absolute atomic E-state index is 8.60. The van der Waals surface area contributed by atoms with Crippen molar-refractivity contribution in [1.29, 1.82) is 5.26 Å². The van der Waals surface area contributed by atoms with Crippen molar-refractivity contribution in [3.05, 3.63) is 41.0 Å². The SMILES string of the molecule is N#CCc1ccc(Nc2nc(NN)ncc2Cl)cc1. The quantitative estimate of drug-likeness (QED) is 0.584. The molecule has 4 N–H and O–H groups in total. The first-order valence-corrected chi connectivity index (χ1v) is 5.83. The number of anilines is 3. The zero-order chi connectivity index (χ0) is 13.7. The largest absolute Gasteiger partial charge is 0.339 e. The zero-order valence-electron chi connectivity index (χ0n) is 9.89. The van der Waals surface area contributed by atoms with E-state index < -0.39 is 0 Å². The molecule has 2 rings (SSSR count). The van der Waals surface area contributed by atoms with E-state index in [0.717, 1.165) is 11.3 Å². The predicted octanol–water partition coefficient (Wildman–Crippen LogP) is 2.23. The van der Waals surface area contributed by atoms with Gasteiger partial charge in [-0.15, -0.1) is 0 Å². The molecule has 19 heavy (non-hydrogen) atoms. The number of benzene rings is 1. The van der Waals surface area contributed by atoms with Crippen LogP contribution in [0.2, 0.25) is 5.02 Å². The highest BCUT2D eigenvalue weighted by molar-refractivity contribution is 6.32. The lowest BCUT2D eigenvalue weighted by molar-refractivity contribution is 1.12. The fourth-order valence-electron chi connectivity index (χ4n) is 1.46. The number of nitrogens with two attached hydrogens (primary N) is 1. The van der Waals surface area contributed by atoms with Crippen LogP contribution in [0.3, 0.4) is 0 Å². The van der Waals surface area contributed by atoms with Crippen molar-refractivity contribution in [2.24, 2.45) is 5.84 Å². The number of aromatic nitrogens is 2. The zero-order valence-corrected chi connectivity index (χ0v) is 10.6. The minimum absolute atomic E-state index is 0.271. The molecule has 2 aromatic rings. The maximum atomic E-state index is 8.60. The lowest BCUT2D eigenvalue weighted by Crippen LogP contribution is -2.11. The normalized spacial score (nSPS) is 9.74. The van der Waals surface area contributed by atoms with Crippen LogP contribution in [0.5, 0.6) is 0 Å². The Balaban J connectivity index is 2.19. The van der Waals surface area contributed by atoms with Crippen LogP contribution in [0.1, 0.15) is 5.56 Å². The Morgan fingerprint density at radius 1 is 1.32 bits per heavy atom. The van der Waals surface area contributed by atoms with E-state index in [4.69, 9.17) is 22.7 Å². The van der Waals surface area contributed by atoms with Crippen LogP contribution in [-0.4, -0.2) is 9.97 Å². The van der Waals surface area contributed by atoms with Gasteiger partial charge in [-0.05, 0) is 17.7 Å². The van der Waals surface area contributed by atoms with Crippen LogP contribution in [0.4, 0.5) is 17.5 Å². The second kappa shape index (κ2) is 6.00. The number of nitrogen functional groups attached to an aromatic ring is 1. The van der Waals surface area contributed by atoms with Crippen LogP contribution < -0.4 is 16.6 Å². The van der Waals surface area contributed by atoms with Gasteiger partial charge < -0.3 is 5.32 Å². The molecule has 7 heteroatoms. The van der Waals surface area contributed by atoms with E-state index in [9.17, 15) is 0 Å². The summed E-state index contributed by atoms with van der Waals surface area (Å²) in [5, 5.41) is 12.0. The van der Waals surface area contributed by atoms with E-state index in [1.54, 1.807) is 0 Å². The molecule has 0 amide bonds. The molecule has 0 saturated heterocycles. The Bertz CT molecular complexity index is 605. The summed E-state index contributed by atoms with van der Waals surface area (Å²) in [6.07, 6.45) is 1.84. The summed E-state index contributed by atoms with van der Waals surface area (Å²) in [7, 11) is 0. The highest BCUT2D eigenvalue weighted by Gasteiger charge is 2.05.